The smallest absolute Gasteiger partial charge is 0.416 e. The number of ether oxygens (including phenoxy) is 1. The summed E-state index contributed by atoms with van der Waals surface area (Å²) < 4.78 is 48.5. The molecule has 0 saturated carbocycles. The highest BCUT2D eigenvalue weighted by atomic mass is 19.4. The standard InChI is InChI=1S/C22H19F3N4O4/c1-3-21(14-8-10-16(32-2)11-9-14)19(30)29(20(31)27-21)12-17-26-18(28-33-17)13-4-6-15(7-5-13)22(23,24)25/h4-11H,3,12H2,1-2H3,(H,27,31). The van der Waals surface area contributed by atoms with Gasteiger partial charge in [0.15, 0.2) is 0 Å². The number of nitrogens with zero attached hydrogens (tertiary/aromatic N) is 3. The predicted octanol–water partition coefficient (Wildman–Crippen LogP) is 4.12. The van der Waals surface area contributed by atoms with Gasteiger partial charge in [-0.3, -0.25) is 9.69 Å². The molecule has 1 aliphatic rings. The van der Waals surface area contributed by atoms with Crippen molar-refractivity contribution in [2.24, 2.45) is 0 Å². The lowest BCUT2D eigenvalue weighted by Crippen LogP contribution is -2.43. The lowest BCUT2D eigenvalue weighted by Gasteiger charge is -2.25. The molecule has 1 aliphatic heterocycles. The van der Waals surface area contributed by atoms with E-state index >= 15 is 0 Å². The highest BCUT2D eigenvalue weighted by Gasteiger charge is 2.51. The van der Waals surface area contributed by atoms with Crippen LogP contribution in [0.5, 0.6) is 5.75 Å². The van der Waals surface area contributed by atoms with Crippen molar-refractivity contribution < 1.29 is 32.0 Å². The van der Waals surface area contributed by atoms with Crippen LogP contribution in [0, 0.1) is 0 Å². The fourth-order valence-corrected chi connectivity index (χ4v) is 3.66. The second-order valence-corrected chi connectivity index (χ2v) is 7.40. The molecule has 2 aromatic carbocycles. The number of imide groups is 1. The molecular weight excluding hydrogens is 441 g/mol. The van der Waals surface area contributed by atoms with E-state index in [0.717, 1.165) is 17.0 Å². The summed E-state index contributed by atoms with van der Waals surface area (Å²) in [5, 5.41) is 6.50. The fourth-order valence-electron chi connectivity index (χ4n) is 3.66. The van der Waals surface area contributed by atoms with Gasteiger partial charge in [0.1, 0.15) is 17.8 Å². The number of benzene rings is 2. The van der Waals surface area contributed by atoms with E-state index in [4.69, 9.17) is 9.26 Å². The van der Waals surface area contributed by atoms with E-state index in [-0.39, 0.29) is 18.3 Å². The van der Waals surface area contributed by atoms with Crippen LogP contribution in [-0.2, 0) is 23.1 Å². The third-order valence-electron chi connectivity index (χ3n) is 5.52. The van der Waals surface area contributed by atoms with Crippen LogP contribution in [0.2, 0.25) is 0 Å². The zero-order chi connectivity index (χ0) is 23.8. The van der Waals surface area contributed by atoms with Gasteiger partial charge in [-0.15, -0.1) is 0 Å². The Hall–Kier alpha value is -3.89. The van der Waals surface area contributed by atoms with Gasteiger partial charge in [-0.25, -0.2) is 4.79 Å². The first-order chi connectivity index (χ1) is 15.7. The van der Waals surface area contributed by atoms with Gasteiger partial charge in [-0.2, -0.15) is 18.2 Å². The number of hydrogen-bond donors (Lipinski definition) is 1. The van der Waals surface area contributed by atoms with Crippen LogP contribution in [0.25, 0.3) is 11.4 Å². The van der Waals surface area contributed by atoms with Crippen molar-refractivity contribution in [3.8, 4) is 17.1 Å². The molecule has 1 unspecified atom stereocenters. The molecule has 33 heavy (non-hydrogen) atoms. The average Bonchev–Trinajstić information content (AvgIpc) is 3.37. The zero-order valence-corrected chi connectivity index (χ0v) is 17.6. The Bertz CT molecular complexity index is 1180. The highest BCUT2D eigenvalue weighted by Crippen LogP contribution is 2.34. The summed E-state index contributed by atoms with van der Waals surface area (Å²) in [6.45, 7) is 1.50. The predicted molar refractivity (Wildman–Crippen MR) is 109 cm³/mol. The van der Waals surface area contributed by atoms with Gasteiger partial charge < -0.3 is 14.6 Å². The topological polar surface area (TPSA) is 97.6 Å². The lowest BCUT2D eigenvalue weighted by molar-refractivity contribution is -0.137. The van der Waals surface area contributed by atoms with Crippen LogP contribution in [-0.4, -0.2) is 34.1 Å². The van der Waals surface area contributed by atoms with E-state index in [1.807, 2.05) is 0 Å². The maximum atomic E-state index is 13.3. The van der Waals surface area contributed by atoms with E-state index in [0.29, 0.717) is 23.3 Å². The summed E-state index contributed by atoms with van der Waals surface area (Å²) in [4.78, 5) is 31.0. The molecule has 3 aromatic rings. The molecule has 2 heterocycles. The van der Waals surface area contributed by atoms with E-state index < -0.39 is 29.2 Å². The molecule has 1 N–H and O–H groups in total. The van der Waals surface area contributed by atoms with Crippen molar-refractivity contribution >= 4 is 11.9 Å². The van der Waals surface area contributed by atoms with Crippen LogP contribution >= 0.6 is 0 Å². The minimum absolute atomic E-state index is 0.0324. The number of carbonyl (C=O) groups is 2. The van der Waals surface area contributed by atoms with Crippen molar-refractivity contribution in [2.75, 3.05) is 7.11 Å². The van der Waals surface area contributed by atoms with Crippen molar-refractivity contribution in [3.63, 3.8) is 0 Å². The zero-order valence-electron chi connectivity index (χ0n) is 17.6. The van der Waals surface area contributed by atoms with Crippen LogP contribution in [0.3, 0.4) is 0 Å². The first kappa shape index (κ1) is 22.3. The number of carbonyl (C=O) groups excluding carboxylic acids is 2. The molecule has 8 nitrogen and oxygen atoms in total. The maximum absolute atomic E-state index is 13.3. The van der Waals surface area contributed by atoms with Crippen LogP contribution in [0.15, 0.2) is 53.1 Å². The Morgan fingerprint density at radius 1 is 1.09 bits per heavy atom. The maximum Gasteiger partial charge on any atom is 0.416 e. The van der Waals surface area contributed by atoms with E-state index in [9.17, 15) is 22.8 Å². The van der Waals surface area contributed by atoms with Crippen molar-refractivity contribution in [1.29, 1.82) is 0 Å². The van der Waals surface area contributed by atoms with Gasteiger partial charge >= 0.3 is 12.2 Å². The lowest BCUT2D eigenvalue weighted by atomic mass is 9.87. The number of halogens is 3. The van der Waals surface area contributed by atoms with Crippen LogP contribution in [0.1, 0.15) is 30.4 Å². The molecular formula is C22H19F3N4O4. The first-order valence-corrected chi connectivity index (χ1v) is 9.97. The monoisotopic (exact) mass is 460 g/mol. The van der Waals surface area contributed by atoms with Gasteiger partial charge in [0.2, 0.25) is 11.7 Å². The second-order valence-electron chi connectivity index (χ2n) is 7.40. The SMILES string of the molecule is CCC1(c2ccc(OC)cc2)NC(=O)N(Cc2nc(-c3ccc(C(F)(F)F)cc3)no2)C1=O. The Morgan fingerprint density at radius 2 is 1.76 bits per heavy atom. The quantitative estimate of drug-likeness (QED) is 0.556. The summed E-state index contributed by atoms with van der Waals surface area (Å²) >= 11 is 0. The number of methoxy groups -OCH3 is 1. The molecule has 3 amide bonds. The molecule has 172 valence electrons. The second kappa shape index (κ2) is 8.23. The number of hydrogen-bond acceptors (Lipinski definition) is 6. The fraction of sp³-hybridized carbons (Fsp3) is 0.273. The largest absolute Gasteiger partial charge is 0.497 e. The van der Waals surface area contributed by atoms with Crippen molar-refractivity contribution in [2.45, 2.75) is 31.6 Å². The summed E-state index contributed by atoms with van der Waals surface area (Å²) in [5.41, 5.74) is -1.15. The number of aromatic nitrogens is 2. The Balaban J connectivity index is 1.54. The van der Waals surface area contributed by atoms with E-state index in [1.165, 1.54) is 19.2 Å². The number of amides is 3. The number of rotatable bonds is 6. The number of alkyl halides is 3. The van der Waals surface area contributed by atoms with Crippen molar-refractivity contribution in [3.05, 3.63) is 65.5 Å². The number of nitrogens with one attached hydrogen (secondary N) is 1. The molecule has 4 rings (SSSR count). The Kier molecular flexibility index (Phi) is 5.56. The number of urea groups is 1. The third-order valence-corrected chi connectivity index (χ3v) is 5.52. The third kappa shape index (κ3) is 4.01. The van der Waals surface area contributed by atoms with Gasteiger partial charge in [0.25, 0.3) is 5.91 Å². The van der Waals surface area contributed by atoms with Gasteiger partial charge in [0.05, 0.1) is 12.7 Å². The molecule has 11 heteroatoms. The van der Waals surface area contributed by atoms with Gasteiger partial charge in [-0.1, -0.05) is 36.3 Å². The molecule has 1 saturated heterocycles. The Labute approximate surface area is 186 Å². The average molecular weight is 460 g/mol. The molecule has 1 aromatic heterocycles. The molecule has 1 fully saturated rings. The minimum atomic E-state index is -4.46. The minimum Gasteiger partial charge on any atom is -0.497 e. The summed E-state index contributed by atoms with van der Waals surface area (Å²) in [6, 6.07) is 10.5. The molecule has 1 atom stereocenters. The van der Waals surface area contributed by atoms with Crippen molar-refractivity contribution in [1.82, 2.24) is 20.4 Å². The highest BCUT2D eigenvalue weighted by molar-refractivity contribution is 6.07. The van der Waals surface area contributed by atoms with Gasteiger partial charge in [-0.05, 0) is 36.2 Å². The normalized spacial score (nSPS) is 18.5. The molecule has 0 spiro atoms. The molecule has 0 bridgehead atoms. The summed E-state index contributed by atoms with van der Waals surface area (Å²) in [5.74, 6) is 0.146. The van der Waals surface area contributed by atoms with Crippen LogP contribution < -0.4 is 10.1 Å². The van der Waals surface area contributed by atoms with Crippen LogP contribution in [0.4, 0.5) is 18.0 Å². The molecule has 0 radical (unpaired) electrons. The van der Waals surface area contributed by atoms with E-state index in [2.05, 4.69) is 15.5 Å². The summed E-state index contributed by atoms with van der Waals surface area (Å²) in [7, 11) is 1.53. The van der Waals surface area contributed by atoms with Gasteiger partial charge in [0, 0.05) is 5.56 Å². The molecule has 0 aliphatic carbocycles. The Morgan fingerprint density at radius 3 is 2.33 bits per heavy atom. The van der Waals surface area contributed by atoms with E-state index in [1.54, 1.807) is 31.2 Å². The summed E-state index contributed by atoms with van der Waals surface area (Å²) in [6.07, 6.45) is -4.15. The first-order valence-electron chi connectivity index (χ1n) is 9.97.